The van der Waals surface area contributed by atoms with Crippen LogP contribution >= 0.6 is 0 Å². The van der Waals surface area contributed by atoms with Crippen LogP contribution in [0.2, 0.25) is 0 Å². The number of nitrogens with one attached hydrogen (secondary N) is 1. The van der Waals surface area contributed by atoms with Gasteiger partial charge in [0.05, 0.1) is 19.9 Å². The Morgan fingerprint density at radius 1 is 0.949 bits per heavy atom. The molecule has 2 aliphatic rings. The first kappa shape index (κ1) is 26.5. The highest BCUT2D eigenvalue weighted by atomic mass is 16.6. The van der Waals surface area contributed by atoms with Gasteiger partial charge in [0.1, 0.15) is 29.6 Å². The number of rotatable bonds is 8. The fourth-order valence-corrected chi connectivity index (χ4v) is 5.13. The van der Waals surface area contributed by atoms with Crippen molar-refractivity contribution in [3.63, 3.8) is 0 Å². The number of hydrogen-bond donors (Lipinski definition) is 1. The van der Waals surface area contributed by atoms with E-state index >= 15 is 0 Å². The predicted molar refractivity (Wildman–Crippen MR) is 145 cm³/mol. The largest absolute Gasteiger partial charge is 0.497 e. The maximum Gasteiger partial charge on any atom is 0.272 e. The number of benzene rings is 2. The lowest BCUT2D eigenvalue weighted by Crippen LogP contribution is -2.52. The van der Waals surface area contributed by atoms with Crippen LogP contribution in [-0.2, 0) is 9.59 Å². The number of hydrogen-bond acceptors (Lipinski definition) is 7. The maximum atomic E-state index is 14.3. The minimum atomic E-state index is -1.11. The Labute approximate surface area is 228 Å². The first-order chi connectivity index (χ1) is 19.0. The van der Waals surface area contributed by atoms with Crippen LogP contribution in [0.1, 0.15) is 49.7 Å². The highest BCUT2D eigenvalue weighted by molar-refractivity contribution is 6.03. The number of amides is 2. The van der Waals surface area contributed by atoms with E-state index in [-0.39, 0.29) is 18.6 Å². The third-order valence-electron chi connectivity index (χ3n) is 7.12. The van der Waals surface area contributed by atoms with E-state index in [0.717, 1.165) is 32.1 Å². The Morgan fingerprint density at radius 2 is 1.64 bits per heavy atom. The molecule has 0 bridgehead atoms. The zero-order valence-electron chi connectivity index (χ0n) is 22.5. The van der Waals surface area contributed by atoms with E-state index < -0.39 is 18.1 Å². The molecule has 0 saturated heterocycles. The molecule has 1 aliphatic carbocycles. The van der Waals surface area contributed by atoms with Crippen LogP contribution in [0.4, 0.5) is 5.69 Å². The van der Waals surface area contributed by atoms with Gasteiger partial charge in [-0.05, 0) is 44.0 Å². The molecule has 2 atom stereocenters. The van der Waals surface area contributed by atoms with Crippen LogP contribution in [0.15, 0.2) is 59.0 Å². The van der Waals surface area contributed by atoms with Gasteiger partial charge in [0, 0.05) is 24.2 Å². The molecule has 2 aromatic carbocycles. The third kappa shape index (κ3) is 5.82. The molecule has 39 heavy (non-hydrogen) atoms. The van der Waals surface area contributed by atoms with Crippen LogP contribution < -0.4 is 29.2 Å². The molecule has 1 aliphatic heterocycles. The number of anilines is 1. The zero-order valence-corrected chi connectivity index (χ0v) is 22.5. The molecule has 1 saturated carbocycles. The van der Waals surface area contributed by atoms with Crippen LogP contribution in [0.5, 0.6) is 23.0 Å². The average Bonchev–Trinajstić information content (AvgIpc) is 3.40. The average molecular weight is 535 g/mol. The van der Waals surface area contributed by atoms with E-state index in [1.165, 1.54) is 19.1 Å². The summed E-state index contributed by atoms with van der Waals surface area (Å²) in [6.45, 7) is 1.79. The number of fused-ring (bicyclic) bond motifs is 1. The van der Waals surface area contributed by atoms with Crippen molar-refractivity contribution in [2.75, 3.05) is 25.7 Å². The minimum Gasteiger partial charge on any atom is -0.497 e. The molecule has 9 nitrogen and oxygen atoms in total. The molecule has 0 spiro atoms. The van der Waals surface area contributed by atoms with Crippen molar-refractivity contribution in [1.29, 1.82) is 0 Å². The fraction of sp³-hybridized carbons (Fsp3) is 0.400. The van der Waals surface area contributed by atoms with Gasteiger partial charge in [-0.15, -0.1) is 0 Å². The van der Waals surface area contributed by atoms with Crippen molar-refractivity contribution in [1.82, 2.24) is 5.32 Å². The molecule has 1 aromatic heterocycles. The summed E-state index contributed by atoms with van der Waals surface area (Å²) in [5, 5.41) is 3.18. The van der Waals surface area contributed by atoms with Gasteiger partial charge >= 0.3 is 0 Å². The molecule has 3 aromatic rings. The standard InChI is InChI=1S/C30H34N2O7/c1-19-13-14-26(38-19)28(29(33)31-20-9-5-4-6-10-20)32(21-15-22(35-2)17-23(16-21)36-3)30(34)27-18-37-24-11-7-8-12-25(24)39-27/h7-8,11-17,20,27-28H,4-6,9-10,18H2,1-3H3,(H,31,33)/t27-,28-/m0/s1. The first-order valence-corrected chi connectivity index (χ1v) is 13.3. The number of furan rings is 1. The van der Waals surface area contributed by atoms with E-state index in [1.54, 1.807) is 49.4 Å². The number of methoxy groups -OCH3 is 2. The fourth-order valence-electron chi connectivity index (χ4n) is 5.13. The predicted octanol–water partition coefficient (Wildman–Crippen LogP) is 4.97. The monoisotopic (exact) mass is 534 g/mol. The number of nitrogens with zero attached hydrogens (tertiary/aromatic N) is 1. The Hall–Kier alpha value is -4.14. The van der Waals surface area contributed by atoms with Crippen LogP contribution in [0, 0.1) is 6.92 Å². The Morgan fingerprint density at radius 3 is 2.28 bits per heavy atom. The van der Waals surface area contributed by atoms with Gasteiger partial charge in [0.15, 0.2) is 17.5 Å². The molecule has 2 amide bonds. The van der Waals surface area contributed by atoms with Gasteiger partial charge < -0.3 is 28.7 Å². The van der Waals surface area contributed by atoms with Gasteiger partial charge in [0.2, 0.25) is 6.10 Å². The van der Waals surface area contributed by atoms with E-state index in [4.69, 9.17) is 23.4 Å². The highest BCUT2D eigenvalue weighted by Crippen LogP contribution is 2.37. The molecule has 206 valence electrons. The number of carbonyl (C=O) groups excluding carboxylic acids is 2. The molecule has 1 fully saturated rings. The summed E-state index contributed by atoms with van der Waals surface area (Å²) in [6.07, 6.45) is 4.05. The third-order valence-corrected chi connectivity index (χ3v) is 7.12. The molecular weight excluding hydrogens is 500 g/mol. The smallest absolute Gasteiger partial charge is 0.272 e. The number of aryl methyl sites for hydroxylation is 1. The van der Waals surface area contributed by atoms with Crippen molar-refractivity contribution < 1.29 is 33.0 Å². The highest BCUT2D eigenvalue weighted by Gasteiger charge is 2.41. The summed E-state index contributed by atoms with van der Waals surface area (Å²) in [4.78, 5) is 29.8. The van der Waals surface area contributed by atoms with Crippen molar-refractivity contribution in [2.45, 2.75) is 57.2 Å². The summed E-state index contributed by atoms with van der Waals surface area (Å²) < 4.78 is 28.9. The number of carbonyl (C=O) groups is 2. The molecule has 0 radical (unpaired) electrons. The van der Waals surface area contributed by atoms with Crippen LogP contribution in [0.3, 0.4) is 0 Å². The molecular formula is C30H34N2O7. The number of ether oxygens (including phenoxy) is 4. The summed E-state index contributed by atoms with van der Waals surface area (Å²) >= 11 is 0. The van der Waals surface area contributed by atoms with Gasteiger partial charge in [-0.1, -0.05) is 31.4 Å². The van der Waals surface area contributed by atoms with E-state index in [9.17, 15) is 9.59 Å². The molecule has 9 heteroatoms. The zero-order chi connectivity index (χ0) is 27.4. The van der Waals surface area contributed by atoms with Crippen molar-refractivity contribution in [3.8, 4) is 23.0 Å². The van der Waals surface area contributed by atoms with E-state index in [0.29, 0.717) is 40.2 Å². The second-order valence-electron chi connectivity index (χ2n) is 9.84. The number of para-hydroxylation sites is 2. The van der Waals surface area contributed by atoms with E-state index in [2.05, 4.69) is 5.32 Å². The minimum absolute atomic E-state index is 0.0123. The van der Waals surface area contributed by atoms with Crippen LogP contribution in [-0.4, -0.2) is 44.8 Å². The maximum absolute atomic E-state index is 14.3. The second-order valence-corrected chi connectivity index (χ2v) is 9.84. The van der Waals surface area contributed by atoms with Crippen molar-refractivity contribution >= 4 is 17.5 Å². The van der Waals surface area contributed by atoms with Gasteiger partial charge in [-0.2, -0.15) is 0 Å². The Bertz CT molecular complexity index is 1290. The lowest BCUT2D eigenvalue weighted by molar-refractivity contribution is -0.132. The van der Waals surface area contributed by atoms with Crippen LogP contribution in [0.25, 0.3) is 0 Å². The molecule has 0 unspecified atom stereocenters. The Balaban J connectivity index is 1.58. The molecule has 2 heterocycles. The molecule has 1 N–H and O–H groups in total. The van der Waals surface area contributed by atoms with Crippen molar-refractivity contribution in [2.24, 2.45) is 0 Å². The molecule has 5 rings (SSSR count). The SMILES string of the molecule is COc1cc(OC)cc(N(C(=O)[C@@H]2COc3ccccc3O2)[C@H](C(=O)NC2CCCCC2)c2ccc(C)o2)c1. The normalized spacial score (nSPS) is 17.7. The lowest BCUT2D eigenvalue weighted by atomic mass is 9.95. The summed E-state index contributed by atoms with van der Waals surface area (Å²) in [5.41, 5.74) is 0.400. The quantitative estimate of drug-likeness (QED) is 0.436. The topological polar surface area (TPSA) is 99.5 Å². The first-order valence-electron chi connectivity index (χ1n) is 13.3. The summed E-state index contributed by atoms with van der Waals surface area (Å²) in [6, 6.07) is 14.7. The Kier molecular flexibility index (Phi) is 7.95. The second kappa shape index (κ2) is 11.7. The van der Waals surface area contributed by atoms with E-state index in [1.807, 2.05) is 12.1 Å². The summed E-state index contributed by atoms with van der Waals surface area (Å²) in [7, 11) is 3.06. The van der Waals surface area contributed by atoms with Gasteiger partial charge in [-0.3, -0.25) is 14.5 Å². The van der Waals surface area contributed by atoms with Gasteiger partial charge in [0.25, 0.3) is 11.8 Å². The van der Waals surface area contributed by atoms with Crippen molar-refractivity contribution in [3.05, 3.63) is 66.1 Å². The summed E-state index contributed by atoms with van der Waals surface area (Å²) in [5.74, 6) is 2.13. The lowest BCUT2D eigenvalue weighted by Gasteiger charge is -2.35. The van der Waals surface area contributed by atoms with Gasteiger partial charge in [-0.25, -0.2) is 0 Å².